The molecule has 1 aromatic rings. The van der Waals surface area contributed by atoms with Crippen LogP contribution in [0.1, 0.15) is 56.9 Å². The summed E-state index contributed by atoms with van der Waals surface area (Å²) in [5.41, 5.74) is 1.17. The van der Waals surface area contributed by atoms with Gasteiger partial charge in [0.25, 0.3) is 0 Å². The van der Waals surface area contributed by atoms with E-state index in [4.69, 9.17) is 18.9 Å². The molecule has 0 amide bonds. The first kappa shape index (κ1) is 22.8. The van der Waals surface area contributed by atoms with Gasteiger partial charge in [-0.25, -0.2) is 0 Å². The van der Waals surface area contributed by atoms with Crippen molar-refractivity contribution in [1.82, 2.24) is 0 Å². The molecule has 1 rings (SSSR count). The van der Waals surface area contributed by atoms with E-state index in [1.807, 2.05) is 18.2 Å². The van der Waals surface area contributed by atoms with Crippen LogP contribution in [0, 0.1) is 0 Å². The summed E-state index contributed by atoms with van der Waals surface area (Å²) in [6.07, 6.45) is 13.8. The maximum atomic E-state index is 5.48. The molecule has 1 aromatic carbocycles. The minimum absolute atomic E-state index is 0.0381. The van der Waals surface area contributed by atoms with E-state index in [1.54, 1.807) is 14.2 Å². The first-order chi connectivity index (χ1) is 12.9. The van der Waals surface area contributed by atoms with Crippen molar-refractivity contribution >= 4 is 0 Å². The zero-order valence-corrected chi connectivity index (χ0v) is 16.5. The Morgan fingerprint density at radius 1 is 0.808 bits per heavy atom. The molecule has 148 valence electrons. The molecule has 0 saturated heterocycles. The summed E-state index contributed by atoms with van der Waals surface area (Å²) in [5, 5.41) is 0. The zero-order chi connectivity index (χ0) is 18.7. The summed E-state index contributed by atoms with van der Waals surface area (Å²) in [6, 6.07) is 10.1. The van der Waals surface area contributed by atoms with E-state index in [0.717, 1.165) is 19.3 Å². The fourth-order valence-corrected chi connectivity index (χ4v) is 2.67. The van der Waals surface area contributed by atoms with Crippen molar-refractivity contribution in [3.05, 3.63) is 48.0 Å². The van der Waals surface area contributed by atoms with Crippen LogP contribution in [0.5, 0.6) is 0 Å². The number of benzene rings is 1. The lowest BCUT2D eigenvalue weighted by Crippen LogP contribution is -2.12. The number of unbranched alkanes of at least 4 members (excludes halogenated alkanes) is 5. The molecule has 4 heteroatoms. The summed E-state index contributed by atoms with van der Waals surface area (Å²) >= 11 is 0. The standard InChI is InChI=1S/C22H36O4/c1-23-22(24-2)17-13-8-6-4-3-5-7-9-14-18-25-20-26-19-21-15-11-10-12-16-21/h7,9-12,15-16,22H,3-6,8,13-14,17-20H2,1-2H3/b9-7-. The van der Waals surface area contributed by atoms with Gasteiger partial charge in [-0.3, -0.25) is 0 Å². The predicted octanol–water partition coefficient (Wildman–Crippen LogP) is 5.47. The van der Waals surface area contributed by atoms with Gasteiger partial charge in [-0.15, -0.1) is 0 Å². The number of hydrogen-bond acceptors (Lipinski definition) is 4. The Kier molecular flexibility index (Phi) is 15.1. The first-order valence-corrected chi connectivity index (χ1v) is 9.76. The van der Waals surface area contributed by atoms with Crippen LogP contribution in [-0.4, -0.2) is 33.9 Å². The topological polar surface area (TPSA) is 36.9 Å². The average Bonchev–Trinajstić information content (AvgIpc) is 2.68. The Balaban J connectivity index is 1.79. The summed E-state index contributed by atoms with van der Waals surface area (Å²) in [7, 11) is 3.40. The Morgan fingerprint density at radius 3 is 2.27 bits per heavy atom. The predicted molar refractivity (Wildman–Crippen MR) is 106 cm³/mol. The van der Waals surface area contributed by atoms with Gasteiger partial charge in [0.15, 0.2) is 6.29 Å². The average molecular weight is 365 g/mol. The van der Waals surface area contributed by atoms with Gasteiger partial charge >= 0.3 is 0 Å². The molecule has 0 aliphatic heterocycles. The minimum Gasteiger partial charge on any atom is -0.356 e. The third kappa shape index (κ3) is 13.1. The molecule has 4 nitrogen and oxygen atoms in total. The van der Waals surface area contributed by atoms with Crippen LogP contribution in [-0.2, 0) is 25.6 Å². The van der Waals surface area contributed by atoms with E-state index in [-0.39, 0.29) is 6.29 Å². The second-order valence-corrected chi connectivity index (χ2v) is 6.37. The van der Waals surface area contributed by atoms with Crippen LogP contribution >= 0.6 is 0 Å². The SMILES string of the molecule is COC(CCCCCCC/C=C\CCOCOCc1ccccc1)OC. The van der Waals surface area contributed by atoms with Crippen molar-refractivity contribution in [2.24, 2.45) is 0 Å². The van der Waals surface area contributed by atoms with E-state index < -0.39 is 0 Å². The van der Waals surface area contributed by atoms with Crippen LogP contribution < -0.4 is 0 Å². The highest BCUT2D eigenvalue weighted by molar-refractivity contribution is 5.13. The minimum atomic E-state index is -0.0381. The van der Waals surface area contributed by atoms with Gasteiger partial charge in [-0.05, 0) is 37.7 Å². The lowest BCUT2D eigenvalue weighted by atomic mass is 10.1. The van der Waals surface area contributed by atoms with E-state index in [1.165, 1.54) is 37.7 Å². The Bertz CT molecular complexity index is 429. The van der Waals surface area contributed by atoms with Crippen LogP contribution in [0.2, 0.25) is 0 Å². The first-order valence-electron chi connectivity index (χ1n) is 9.76. The van der Waals surface area contributed by atoms with Crippen LogP contribution in [0.15, 0.2) is 42.5 Å². The largest absolute Gasteiger partial charge is 0.356 e. The molecular formula is C22H36O4. The highest BCUT2D eigenvalue weighted by atomic mass is 16.7. The Hall–Kier alpha value is -1.20. The molecule has 0 fully saturated rings. The number of hydrogen-bond donors (Lipinski definition) is 0. The summed E-state index contributed by atoms with van der Waals surface area (Å²) in [4.78, 5) is 0. The highest BCUT2D eigenvalue weighted by Crippen LogP contribution is 2.10. The van der Waals surface area contributed by atoms with Gasteiger partial charge in [0, 0.05) is 14.2 Å². The number of ether oxygens (including phenoxy) is 4. The van der Waals surface area contributed by atoms with Crippen LogP contribution in [0.4, 0.5) is 0 Å². The van der Waals surface area contributed by atoms with Crippen molar-refractivity contribution in [2.45, 2.75) is 64.3 Å². The monoisotopic (exact) mass is 364 g/mol. The molecule has 0 aromatic heterocycles. The van der Waals surface area contributed by atoms with Gasteiger partial charge in [0.05, 0.1) is 13.2 Å². The summed E-state index contributed by atoms with van der Waals surface area (Å²) in [6.45, 7) is 1.68. The van der Waals surface area contributed by atoms with Gasteiger partial charge < -0.3 is 18.9 Å². The maximum absolute atomic E-state index is 5.48. The van der Waals surface area contributed by atoms with Gasteiger partial charge in [-0.2, -0.15) is 0 Å². The van der Waals surface area contributed by atoms with Crippen molar-refractivity contribution < 1.29 is 18.9 Å². The molecule has 0 N–H and O–H groups in total. The lowest BCUT2D eigenvalue weighted by Gasteiger charge is -2.12. The van der Waals surface area contributed by atoms with Crippen LogP contribution in [0.3, 0.4) is 0 Å². The molecule has 0 radical (unpaired) electrons. The van der Waals surface area contributed by atoms with E-state index in [9.17, 15) is 0 Å². The fraction of sp³-hybridized carbons (Fsp3) is 0.636. The zero-order valence-electron chi connectivity index (χ0n) is 16.5. The molecule has 0 atom stereocenters. The van der Waals surface area contributed by atoms with Gasteiger partial charge in [-0.1, -0.05) is 61.7 Å². The third-order valence-corrected chi connectivity index (χ3v) is 4.21. The van der Waals surface area contributed by atoms with Crippen molar-refractivity contribution in [1.29, 1.82) is 0 Å². The normalized spacial score (nSPS) is 11.7. The summed E-state index contributed by atoms with van der Waals surface area (Å²) in [5.74, 6) is 0. The summed E-state index contributed by atoms with van der Waals surface area (Å²) < 4.78 is 21.3. The Morgan fingerprint density at radius 2 is 1.50 bits per heavy atom. The van der Waals surface area contributed by atoms with Crippen molar-refractivity contribution in [3.63, 3.8) is 0 Å². The molecule has 0 spiro atoms. The lowest BCUT2D eigenvalue weighted by molar-refractivity contribution is -0.107. The number of methoxy groups -OCH3 is 2. The molecule has 0 unspecified atom stereocenters. The number of allylic oxidation sites excluding steroid dienone is 1. The molecule has 0 heterocycles. The molecule has 0 aliphatic carbocycles. The third-order valence-electron chi connectivity index (χ3n) is 4.21. The smallest absolute Gasteiger partial charge is 0.156 e. The second-order valence-electron chi connectivity index (χ2n) is 6.37. The highest BCUT2D eigenvalue weighted by Gasteiger charge is 2.03. The quantitative estimate of drug-likeness (QED) is 0.209. The fourth-order valence-electron chi connectivity index (χ4n) is 2.67. The molecular weight excluding hydrogens is 328 g/mol. The van der Waals surface area contributed by atoms with Gasteiger partial charge in [0.1, 0.15) is 6.79 Å². The van der Waals surface area contributed by atoms with Gasteiger partial charge in [0.2, 0.25) is 0 Å². The van der Waals surface area contributed by atoms with Crippen molar-refractivity contribution in [2.75, 3.05) is 27.6 Å². The molecule has 0 bridgehead atoms. The van der Waals surface area contributed by atoms with Crippen molar-refractivity contribution in [3.8, 4) is 0 Å². The second kappa shape index (κ2) is 17.2. The Labute approximate surface area is 159 Å². The van der Waals surface area contributed by atoms with E-state index in [2.05, 4.69) is 24.3 Å². The van der Waals surface area contributed by atoms with E-state index >= 15 is 0 Å². The number of rotatable bonds is 17. The molecule has 0 aliphatic rings. The molecule has 26 heavy (non-hydrogen) atoms. The molecule has 0 saturated carbocycles. The van der Waals surface area contributed by atoms with Crippen LogP contribution in [0.25, 0.3) is 0 Å². The van der Waals surface area contributed by atoms with E-state index in [0.29, 0.717) is 20.0 Å². The maximum Gasteiger partial charge on any atom is 0.156 e.